The van der Waals surface area contributed by atoms with Crippen molar-refractivity contribution in [1.82, 2.24) is 20.7 Å². The number of guanidine groups is 1. The van der Waals surface area contributed by atoms with Gasteiger partial charge in [-0.05, 0) is 57.5 Å². The first-order valence-electron chi connectivity index (χ1n) is 13.3. The summed E-state index contributed by atoms with van der Waals surface area (Å²) >= 11 is 0. The highest BCUT2D eigenvalue weighted by Crippen LogP contribution is 2.35. The van der Waals surface area contributed by atoms with Crippen molar-refractivity contribution in [3.63, 3.8) is 0 Å². The monoisotopic (exact) mass is 578 g/mol. The van der Waals surface area contributed by atoms with E-state index in [1.165, 1.54) is 12.1 Å². The van der Waals surface area contributed by atoms with Crippen LogP contribution in [0.25, 0.3) is 0 Å². The molecule has 0 aliphatic rings. The van der Waals surface area contributed by atoms with Crippen molar-refractivity contribution in [1.29, 1.82) is 0 Å². The Morgan fingerprint density at radius 1 is 1.00 bits per heavy atom. The number of rotatable bonds is 16. The molecule has 2 aromatic rings. The quantitative estimate of drug-likeness (QED) is 0.0631. The molecule has 0 bridgehead atoms. The summed E-state index contributed by atoms with van der Waals surface area (Å²) in [6.07, 6.45) is 4.03. The van der Waals surface area contributed by atoms with Gasteiger partial charge in [0.05, 0.1) is 4.90 Å². The van der Waals surface area contributed by atoms with Crippen molar-refractivity contribution >= 4 is 21.9 Å². The molecular formula is C27H42N6O6S. The summed E-state index contributed by atoms with van der Waals surface area (Å²) in [6, 6.07) is 8.34. The molecule has 2 rings (SSSR count). The van der Waals surface area contributed by atoms with Crippen molar-refractivity contribution in [3.8, 4) is 17.2 Å². The van der Waals surface area contributed by atoms with Crippen LogP contribution in [-0.4, -0.2) is 74.4 Å². The number of phenolic OH excluding ortho intramolecular Hbond substituents is 3. The second kappa shape index (κ2) is 15.9. The average Bonchev–Trinajstić information content (AvgIpc) is 2.90. The molecule has 1 amide bonds. The molecule has 0 radical (unpaired) electrons. The zero-order chi connectivity index (χ0) is 29.7. The minimum absolute atomic E-state index is 0.0108. The van der Waals surface area contributed by atoms with Gasteiger partial charge in [0, 0.05) is 37.3 Å². The van der Waals surface area contributed by atoms with Crippen LogP contribution in [0.3, 0.4) is 0 Å². The van der Waals surface area contributed by atoms with Crippen molar-refractivity contribution in [2.24, 2.45) is 10.7 Å². The van der Waals surface area contributed by atoms with Crippen molar-refractivity contribution < 1.29 is 28.5 Å². The van der Waals surface area contributed by atoms with Gasteiger partial charge in [0.1, 0.15) is 0 Å². The molecule has 2 aromatic carbocycles. The lowest BCUT2D eigenvalue weighted by molar-refractivity contribution is 0.0932. The smallest absolute Gasteiger partial charge is 0.264 e. The predicted octanol–water partition coefficient (Wildman–Crippen LogP) is 1.65. The number of nitrogens with zero attached hydrogens (tertiary/aromatic N) is 1. The molecule has 222 valence electrons. The number of hydrogen-bond donors (Lipinski definition) is 8. The van der Waals surface area contributed by atoms with E-state index >= 15 is 0 Å². The highest BCUT2D eigenvalue weighted by Gasteiger charge is 2.19. The maximum Gasteiger partial charge on any atom is 0.264 e. The van der Waals surface area contributed by atoms with E-state index in [-0.39, 0.29) is 35.0 Å². The number of carbonyl (C=O) groups excluding carboxylic acids is 1. The first-order chi connectivity index (χ1) is 19.0. The highest BCUT2D eigenvalue weighted by molar-refractivity contribution is 7.90. The number of nitrogens with one attached hydrogen (secondary N) is 4. The molecule has 0 aliphatic heterocycles. The third kappa shape index (κ3) is 10.5. The van der Waals surface area contributed by atoms with Gasteiger partial charge >= 0.3 is 0 Å². The zero-order valence-electron chi connectivity index (χ0n) is 23.3. The Bertz CT molecular complexity index is 1210. The number of carbonyl (C=O) groups is 1. The van der Waals surface area contributed by atoms with E-state index in [9.17, 15) is 28.5 Å². The Labute approximate surface area is 236 Å². The third-order valence-electron chi connectivity index (χ3n) is 6.24. The van der Waals surface area contributed by atoms with Gasteiger partial charge in [0.15, 0.2) is 17.2 Å². The van der Waals surface area contributed by atoms with E-state index in [0.29, 0.717) is 19.4 Å². The molecule has 0 saturated carbocycles. The summed E-state index contributed by atoms with van der Waals surface area (Å²) in [7, 11) is -1.98. The van der Waals surface area contributed by atoms with Crippen LogP contribution in [-0.2, 0) is 10.0 Å². The van der Waals surface area contributed by atoms with E-state index < -0.39 is 33.2 Å². The first-order valence-corrected chi connectivity index (χ1v) is 14.8. The number of benzene rings is 2. The first kappa shape index (κ1) is 32.7. The fourth-order valence-electron chi connectivity index (χ4n) is 3.99. The largest absolute Gasteiger partial charge is 0.504 e. The fraction of sp³-hybridized carbons (Fsp3) is 0.481. The van der Waals surface area contributed by atoms with Crippen molar-refractivity contribution in [2.75, 3.05) is 26.7 Å². The standard InChI is InChI=1S/C27H42N6O6S/c1-4-5-7-20(16-29-3)31-17-21(32-26(37)19-14-23(34)25(36)24(35)15-19)8-6-13-30-27(28)33-40(38,39)22-11-9-18(2)10-12-22/h9-12,14-15,20-21,29,31,34-36H,4-8,13,16-17H2,1-3H3,(H,32,37)(H3,28,30,33)/t20-,21-/m1/s1. The van der Waals surface area contributed by atoms with Gasteiger partial charge in [0.2, 0.25) is 5.96 Å². The van der Waals surface area contributed by atoms with Crippen LogP contribution in [0.2, 0.25) is 0 Å². The second-order valence-corrected chi connectivity index (χ2v) is 11.3. The second-order valence-electron chi connectivity index (χ2n) is 9.67. The number of hydrogen-bond acceptors (Lipinski definition) is 9. The van der Waals surface area contributed by atoms with E-state index in [0.717, 1.165) is 43.5 Å². The van der Waals surface area contributed by atoms with E-state index in [4.69, 9.17) is 5.73 Å². The lowest BCUT2D eigenvalue weighted by Gasteiger charge is -2.24. The minimum Gasteiger partial charge on any atom is -0.504 e. The maximum atomic E-state index is 12.9. The van der Waals surface area contributed by atoms with Gasteiger partial charge in [0.25, 0.3) is 15.9 Å². The van der Waals surface area contributed by atoms with Crippen LogP contribution < -0.4 is 26.4 Å². The highest BCUT2D eigenvalue weighted by atomic mass is 32.2. The molecule has 2 atom stereocenters. The predicted molar refractivity (Wildman–Crippen MR) is 155 cm³/mol. The summed E-state index contributed by atoms with van der Waals surface area (Å²) in [4.78, 5) is 17.1. The van der Waals surface area contributed by atoms with Crippen LogP contribution in [0.1, 0.15) is 54.9 Å². The number of aromatic hydroxyl groups is 3. The summed E-state index contributed by atoms with van der Waals surface area (Å²) < 4.78 is 27.3. The van der Waals surface area contributed by atoms with Crippen LogP contribution in [0.4, 0.5) is 0 Å². The van der Waals surface area contributed by atoms with Crippen LogP contribution in [0.15, 0.2) is 46.3 Å². The molecule has 0 fully saturated rings. The minimum atomic E-state index is -3.86. The third-order valence-corrected chi connectivity index (χ3v) is 7.61. The number of nitrogens with two attached hydrogens (primary N) is 1. The molecule has 0 saturated heterocycles. The number of sulfonamides is 1. The lowest BCUT2D eigenvalue weighted by atomic mass is 10.1. The van der Waals surface area contributed by atoms with Gasteiger partial charge < -0.3 is 37.0 Å². The summed E-state index contributed by atoms with van der Waals surface area (Å²) in [5.41, 5.74) is 6.74. The van der Waals surface area contributed by atoms with Crippen LogP contribution >= 0.6 is 0 Å². The fourth-order valence-corrected chi connectivity index (χ4v) is 4.95. The topological polar surface area (TPSA) is 198 Å². The maximum absolute atomic E-state index is 12.9. The number of amides is 1. The molecule has 40 heavy (non-hydrogen) atoms. The molecule has 0 unspecified atom stereocenters. The van der Waals surface area contributed by atoms with Gasteiger partial charge in [-0.3, -0.25) is 9.79 Å². The Morgan fingerprint density at radius 3 is 2.23 bits per heavy atom. The number of phenols is 3. The number of unbranched alkanes of at least 4 members (excludes halogenated alkanes) is 1. The summed E-state index contributed by atoms with van der Waals surface area (Å²) in [5, 5.41) is 38.7. The Morgan fingerprint density at radius 2 is 1.62 bits per heavy atom. The molecular weight excluding hydrogens is 536 g/mol. The van der Waals surface area contributed by atoms with Gasteiger partial charge in [-0.25, -0.2) is 13.1 Å². The molecule has 0 spiro atoms. The Kier molecular flexibility index (Phi) is 13.0. The number of aryl methyl sites for hydroxylation is 1. The molecule has 0 aliphatic carbocycles. The number of likely N-dealkylation sites (N-methyl/N-ethyl adjacent to an activating group) is 1. The normalized spacial score (nSPS) is 13.5. The molecule has 12 nitrogen and oxygen atoms in total. The summed E-state index contributed by atoms with van der Waals surface area (Å²) in [6.45, 7) is 5.38. The van der Waals surface area contributed by atoms with Gasteiger partial charge in [-0.15, -0.1) is 0 Å². The molecule has 0 heterocycles. The molecule has 13 heteroatoms. The van der Waals surface area contributed by atoms with Crippen molar-refractivity contribution in [3.05, 3.63) is 47.5 Å². The van der Waals surface area contributed by atoms with E-state index in [1.54, 1.807) is 12.1 Å². The Balaban J connectivity index is 2.04. The average molecular weight is 579 g/mol. The van der Waals surface area contributed by atoms with E-state index in [2.05, 4.69) is 32.6 Å². The number of aliphatic imine (C=N–C) groups is 1. The zero-order valence-corrected chi connectivity index (χ0v) is 24.1. The lowest BCUT2D eigenvalue weighted by Crippen LogP contribution is -2.47. The van der Waals surface area contributed by atoms with Crippen LogP contribution in [0, 0.1) is 6.92 Å². The van der Waals surface area contributed by atoms with Gasteiger partial charge in [-0.1, -0.05) is 37.5 Å². The van der Waals surface area contributed by atoms with E-state index in [1.807, 2.05) is 14.0 Å². The van der Waals surface area contributed by atoms with Crippen LogP contribution in [0.5, 0.6) is 17.2 Å². The summed E-state index contributed by atoms with van der Waals surface area (Å²) in [5.74, 6) is -2.68. The molecule has 9 N–H and O–H groups in total. The molecule has 0 aromatic heterocycles. The van der Waals surface area contributed by atoms with Crippen molar-refractivity contribution in [2.45, 2.75) is 62.9 Å². The SMILES string of the molecule is CCCC[C@H](CNC)NC[C@@H](CCCN=C(N)NS(=O)(=O)c1ccc(C)cc1)NC(=O)c1cc(O)c(O)c(O)c1. The van der Waals surface area contributed by atoms with Gasteiger partial charge in [-0.2, -0.15) is 0 Å². The Hall–Kier alpha value is -3.55.